The average Bonchev–Trinajstić information content (AvgIpc) is 3.64. The molecule has 3 atom stereocenters. The SMILES string of the molecule is CN1CCCS(=O)(=O)NC(=O)[N+]23C4=C(CC2=c2cccc(C5CCCCC5)c2=CC2=CC23)[C@@H](CC=C4)CN(C)CC1. The Labute approximate surface area is 244 Å². The first-order valence-electron chi connectivity index (χ1n) is 15.5. The molecule has 41 heavy (non-hydrogen) atoms. The number of hydrogen-bond donors (Lipinski definition) is 1. The maximum atomic E-state index is 14.6. The average molecular weight is 576 g/mol. The minimum atomic E-state index is -3.80. The van der Waals surface area contributed by atoms with Gasteiger partial charge in [0.05, 0.1) is 12.2 Å². The number of sulfonamides is 1. The van der Waals surface area contributed by atoms with Crippen LogP contribution >= 0.6 is 0 Å². The minimum absolute atomic E-state index is 0.0435. The topological polar surface area (TPSA) is 69.7 Å². The molecule has 6 aliphatic rings. The predicted molar refractivity (Wildman–Crippen MR) is 162 cm³/mol. The molecule has 3 aliphatic carbocycles. The Morgan fingerprint density at radius 2 is 1.78 bits per heavy atom. The van der Waals surface area contributed by atoms with Crippen LogP contribution in [0.3, 0.4) is 0 Å². The molecule has 218 valence electrons. The number of hydrogen-bond acceptors (Lipinski definition) is 5. The summed E-state index contributed by atoms with van der Waals surface area (Å²) in [4.78, 5) is 19.2. The quantitative estimate of drug-likeness (QED) is 0.521. The van der Waals surface area contributed by atoms with Crippen LogP contribution in [-0.2, 0) is 10.0 Å². The predicted octanol–water partition coefficient (Wildman–Crippen LogP) is 3.30. The highest BCUT2D eigenvalue weighted by atomic mass is 32.2. The van der Waals surface area contributed by atoms with Crippen LogP contribution in [0.15, 0.2) is 53.3 Å². The molecule has 1 N–H and O–H groups in total. The molecule has 0 radical (unpaired) electrons. The van der Waals surface area contributed by atoms with Crippen molar-refractivity contribution < 1.29 is 17.7 Å². The van der Waals surface area contributed by atoms with Crippen LogP contribution in [0.1, 0.15) is 62.8 Å². The van der Waals surface area contributed by atoms with E-state index in [9.17, 15) is 13.2 Å². The van der Waals surface area contributed by atoms with Crippen LogP contribution in [0.2, 0.25) is 0 Å². The highest BCUT2D eigenvalue weighted by Crippen LogP contribution is 2.54. The Morgan fingerprint density at radius 3 is 2.61 bits per heavy atom. The summed E-state index contributed by atoms with van der Waals surface area (Å²) in [5.74, 6) is 0.778. The van der Waals surface area contributed by atoms with Crippen molar-refractivity contribution in [2.75, 3.05) is 46.0 Å². The van der Waals surface area contributed by atoms with Gasteiger partial charge in [-0.25, -0.2) is 17.9 Å². The second-order valence-electron chi connectivity index (χ2n) is 13.1. The van der Waals surface area contributed by atoms with E-state index in [0.717, 1.165) is 48.2 Å². The van der Waals surface area contributed by atoms with Gasteiger partial charge in [0.15, 0.2) is 6.04 Å². The molecule has 8 heteroatoms. The molecule has 0 aromatic heterocycles. The first-order valence-corrected chi connectivity index (χ1v) is 17.2. The molecule has 1 spiro atoms. The van der Waals surface area contributed by atoms with Gasteiger partial charge >= 0.3 is 6.03 Å². The summed E-state index contributed by atoms with van der Waals surface area (Å²) in [6.07, 6.45) is 17.3. The van der Waals surface area contributed by atoms with Gasteiger partial charge in [-0.3, -0.25) is 0 Å². The first kappa shape index (κ1) is 27.3. The van der Waals surface area contributed by atoms with Crippen molar-refractivity contribution in [1.82, 2.24) is 14.5 Å². The van der Waals surface area contributed by atoms with Gasteiger partial charge in [-0.05, 0) is 87.3 Å². The number of nitrogens with zero attached hydrogens (tertiary/aromatic N) is 3. The molecule has 2 amide bonds. The lowest BCUT2D eigenvalue weighted by molar-refractivity contribution is -0.738. The summed E-state index contributed by atoms with van der Waals surface area (Å²) in [5, 5.41) is 2.39. The van der Waals surface area contributed by atoms with Gasteiger partial charge in [0.2, 0.25) is 10.0 Å². The van der Waals surface area contributed by atoms with Crippen LogP contribution in [0, 0.1) is 5.92 Å². The number of nitrogens with one attached hydrogen (secondary N) is 1. The summed E-state index contributed by atoms with van der Waals surface area (Å²) in [5.41, 5.74) is 5.90. The third-order valence-electron chi connectivity index (χ3n) is 10.4. The molecule has 1 aromatic rings. The first-order chi connectivity index (χ1) is 19.8. The van der Waals surface area contributed by atoms with E-state index < -0.39 is 16.1 Å². The normalized spacial score (nSPS) is 32.4. The number of carbonyl (C=O) groups is 1. The van der Waals surface area contributed by atoms with E-state index in [-0.39, 0.29) is 16.3 Å². The van der Waals surface area contributed by atoms with Crippen molar-refractivity contribution in [3.63, 3.8) is 0 Å². The second-order valence-corrected chi connectivity index (χ2v) is 15.0. The molecule has 1 saturated carbocycles. The summed E-state index contributed by atoms with van der Waals surface area (Å²) >= 11 is 0. The lowest BCUT2D eigenvalue weighted by Crippen LogP contribution is -2.58. The molecule has 3 aliphatic heterocycles. The number of amides is 2. The summed E-state index contributed by atoms with van der Waals surface area (Å²) in [6.45, 7) is 3.42. The summed E-state index contributed by atoms with van der Waals surface area (Å²) < 4.78 is 29.3. The summed E-state index contributed by atoms with van der Waals surface area (Å²) in [7, 11) is 0.435. The van der Waals surface area contributed by atoms with E-state index in [1.54, 1.807) is 0 Å². The van der Waals surface area contributed by atoms with E-state index in [2.05, 4.69) is 64.1 Å². The number of quaternary nitrogens is 1. The van der Waals surface area contributed by atoms with E-state index in [1.165, 1.54) is 48.5 Å². The van der Waals surface area contributed by atoms with Crippen molar-refractivity contribution >= 4 is 27.8 Å². The second kappa shape index (κ2) is 10.3. The summed E-state index contributed by atoms with van der Waals surface area (Å²) in [6, 6.07) is 6.06. The van der Waals surface area contributed by atoms with Crippen molar-refractivity contribution in [3.05, 3.63) is 69.3 Å². The molecule has 1 fully saturated rings. The maximum absolute atomic E-state index is 14.6. The molecular formula is C33H43N4O3S+. The number of likely N-dealkylation sites (N-methyl/N-ethyl adjacent to an activating group) is 2. The molecule has 0 saturated heterocycles. The maximum Gasteiger partial charge on any atom is 0.440 e. The lowest BCUT2D eigenvalue weighted by atomic mass is 9.82. The van der Waals surface area contributed by atoms with Gasteiger partial charge in [0.25, 0.3) is 0 Å². The molecule has 7 nitrogen and oxygen atoms in total. The zero-order valence-corrected chi connectivity index (χ0v) is 25.3. The molecule has 3 heterocycles. The van der Waals surface area contributed by atoms with Gasteiger partial charge < -0.3 is 9.80 Å². The highest BCUT2D eigenvalue weighted by molar-refractivity contribution is 7.90. The van der Waals surface area contributed by atoms with Crippen molar-refractivity contribution in [3.8, 4) is 0 Å². The number of benzene rings is 1. The Kier molecular flexibility index (Phi) is 6.89. The fourth-order valence-corrected chi connectivity index (χ4v) is 9.24. The zero-order valence-electron chi connectivity index (χ0n) is 24.4. The third-order valence-corrected chi connectivity index (χ3v) is 11.7. The fourth-order valence-electron chi connectivity index (χ4n) is 8.21. The third kappa shape index (κ3) is 4.67. The van der Waals surface area contributed by atoms with Crippen LogP contribution in [0.25, 0.3) is 11.8 Å². The lowest BCUT2D eigenvalue weighted by Gasteiger charge is -2.35. The highest BCUT2D eigenvalue weighted by Gasteiger charge is 2.62. The molecule has 7 rings (SSSR count). The Bertz CT molecular complexity index is 1600. The van der Waals surface area contributed by atoms with Gasteiger partial charge in [0.1, 0.15) is 11.4 Å². The van der Waals surface area contributed by atoms with Crippen molar-refractivity contribution in [1.29, 1.82) is 0 Å². The van der Waals surface area contributed by atoms with Crippen LogP contribution in [-0.4, -0.2) is 80.8 Å². The number of allylic oxidation sites excluding steroid dienone is 2. The molecule has 2 unspecified atom stereocenters. The van der Waals surface area contributed by atoms with Crippen molar-refractivity contribution in [2.45, 2.75) is 63.3 Å². The smallest absolute Gasteiger partial charge is 0.305 e. The fraction of sp³-hybridized carbons (Fsp3) is 0.545. The van der Waals surface area contributed by atoms with Gasteiger partial charge in [0, 0.05) is 41.9 Å². The van der Waals surface area contributed by atoms with Gasteiger partial charge in [-0.2, -0.15) is 4.48 Å². The zero-order chi connectivity index (χ0) is 28.4. The van der Waals surface area contributed by atoms with E-state index >= 15 is 0 Å². The van der Waals surface area contributed by atoms with E-state index in [0.29, 0.717) is 31.2 Å². The van der Waals surface area contributed by atoms with Crippen LogP contribution < -0.4 is 15.2 Å². The number of rotatable bonds is 1. The monoisotopic (exact) mass is 575 g/mol. The molecule has 1 aromatic carbocycles. The van der Waals surface area contributed by atoms with Gasteiger partial charge in [-0.1, -0.05) is 37.5 Å². The van der Waals surface area contributed by atoms with Crippen molar-refractivity contribution in [2.24, 2.45) is 5.92 Å². The Morgan fingerprint density at radius 1 is 0.976 bits per heavy atom. The van der Waals surface area contributed by atoms with Crippen LogP contribution in [0.4, 0.5) is 4.79 Å². The number of urea groups is 1. The Hall–Kier alpha value is -2.52. The standard InChI is InChI=1S/C33H42N4O3S/c1-35-15-8-18-41(39,40)34-33(38)37-30-14-6-11-24(22-36(2)17-16-35)28(30)21-32(37)27-13-7-12-26(23-9-4-3-5-10-23)29(27)19-25-20-31(25)37/h6-7,12-14,19-20,23-24,31H,3-5,8-11,15-18,21-22H2,1-2H3/p+1/t24-,31?,37?/m0/s1. The molecule has 4 bridgehead atoms. The largest absolute Gasteiger partial charge is 0.440 e. The minimum Gasteiger partial charge on any atom is -0.305 e. The van der Waals surface area contributed by atoms with Gasteiger partial charge in [-0.15, -0.1) is 0 Å². The Balaban J connectivity index is 1.43. The number of carbonyl (C=O) groups excluding carboxylic acids is 1. The van der Waals surface area contributed by atoms with E-state index in [1.807, 2.05) is 7.05 Å². The van der Waals surface area contributed by atoms with Crippen LogP contribution in [0.5, 0.6) is 0 Å². The molecular weight excluding hydrogens is 532 g/mol. The van der Waals surface area contributed by atoms with E-state index in [4.69, 9.17) is 0 Å². The number of fused-ring (bicyclic) bond motifs is 2.